The van der Waals surface area contributed by atoms with Gasteiger partial charge in [0.25, 0.3) is 0 Å². The van der Waals surface area contributed by atoms with Crippen LogP contribution < -0.4 is 9.47 Å². The van der Waals surface area contributed by atoms with Crippen molar-refractivity contribution in [2.75, 3.05) is 13.2 Å². The molecule has 6 heterocycles. The minimum absolute atomic E-state index is 0.176. The first-order valence-electron chi connectivity index (χ1n) is 16.4. The fourth-order valence-electron chi connectivity index (χ4n) is 6.29. The molecule has 2 aromatic carbocycles. The van der Waals surface area contributed by atoms with E-state index in [9.17, 15) is 25.9 Å². The van der Waals surface area contributed by atoms with Crippen LogP contribution in [0.1, 0.15) is 40.1 Å². The van der Waals surface area contributed by atoms with Crippen LogP contribution in [0.3, 0.4) is 0 Å². The predicted molar refractivity (Wildman–Crippen MR) is 194 cm³/mol. The average molecular weight is 797 g/mol. The zero-order valence-corrected chi connectivity index (χ0v) is 31.1. The summed E-state index contributed by atoms with van der Waals surface area (Å²) in [5.74, 6) is 0.760. The molecule has 6 aromatic rings. The van der Waals surface area contributed by atoms with E-state index in [0.717, 1.165) is 56.3 Å². The van der Waals surface area contributed by atoms with Crippen LogP contribution in [0.25, 0.3) is 21.1 Å². The molecule has 2 N–H and O–H groups in total. The maximum atomic E-state index is 11.9. The highest BCUT2D eigenvalue weighted by Crippen LogP contribution is 2.47. The SMILES string of the molecule is O=S(=O)(O)c1cc2c(s1)-c1c(c(COCCCOCc3nn(Cc4ccccc4)c4c3COc3cc(S(=O)(=O)O)sc3-4)nn1Cc1ccccc1)CO2. The molecule has 4 aromatic heterocycles. The summed E-state index contributed by atoms with van der Waals surface area (Å²) in [5.41, 5.74) is 6.43. The van der Waals surface area contributed by atoms with Crippen LogP contribution in [0.15, 0.2) is 81.2 Å². The van der Waals surface area contributed by atoms with E-state index < -0.39 is 20.2 Å². The summed E-state index contributed by atoms with van der Waals surface area (Å²) in [6.45, 7) is 2.39. The summed E-state index contributed by atoms with van der Waals surface area (Å²) in [4.78, 5) is 1.16. The highest BCUT2D eigenvalue weighted by molar-refractivity contribution is 7.88. The van der Waals surface area contributed by atoms with Crippen molar-refractivity contribution >= 4 is 42.9 Å². The van der Waals surface area contributed by atoms with Crippen molar-refractivity contribution in [1.29, 1.82) is 0 Å². The Bertz CT molecular complexity index is 2330. The van der Waals surface area contributed by atoms with Crippen LogP contribution in [-0.2, 0) is 69.2 Å². The van der Waals surface area contributed by atoms with E-state index in [1.54, 1.807) is 0 Å². The number of fused-ring (bicyclic) bond motifs is 6. The molecular weight excluding hydrogens is 765 g/mol. The molecule has 53 heavy (non-hydrogen) atoms. The fraction of sp³-hybridized carbons (Fsp3) is 0.257. The molecule has 276 valence electrons. The molecular formula is C35H32N4O10S4. The van der Waals surface area contributed by atoms with Gasteiger partial charge in [0.15, 0.2) is 8.42 Å². The van der Waals surface area contributed by atoms with Crippen molar-refractivity contribution in [2.24, 2.45) is 0 Å². The Labute approximate surface area is 312 Å². The third-order valence-electron chi connectivity index (χ3n) is 8.71. The minimum atomic E-state index is -4.41. The van der Waals surface area contributed by atoms with Crippen LogP contribution in [0.5, 0.6) is 11.5 Å². The van der Waals surface area contributed by atoms with Crippen LogP contribution in [0.2, 0.25) is 0 Å². The Hall–Kier alpha value is -4.40. The van der Waals surface area contributed by atoms with E-state index in [-0.39, 0.29) is 34.8 Å². The Morgan fingerprint density at radius 1 is 0.660 bits per heavy atom. The first kappa shape index (κ1) is 35.6. The van der Waals surface area contributed by atoms with Crippen molar-refractivity contribution in [1.82, 2.24) is 19.6 Å². The lowest BCUT2D eigenvalue weighted by atomic mass is 10.1. The van der Waals surface area contributed by atoms with Crippen LogP contribution in [0, 0.1) is 0 Å². The molecule has 0 unspecified atom stereocenters. The Morgan fingerprint density at radius 2 is 1.08 bits per heavy atom. The monoisotopic (exact) mass is 796 g/mol. The molecule has 14 nitrogen and oxygen atoms in total. The minimum Gasteiger partial charge on any atom is -0.487 e. The van der Waals surface area contributed by atoms with Gasteiger partial charge in [-0.25, -0.2) is 0 Å². The van der Waals surface area contributed by atoms with Gasteiger partial charge in [-0.15, -0.1) is 22.7 Å². The predicted octanol–water partition coefficient (Wildman–Crippen LogP) is 6.03. The van der Waals surface area contributed by atoms with Crippen molar-refractivity contribution in [2.45, 2.75) is 54.4 Å². The van der Waals surface area contributed by atoms with Crippen LogP contribution in [0.4, 0.5) is 0 Å². The van der Waals surface area contributed by atoms with E-state index in [4.69, 9.17) is 29.1 Å². The molecule has 2 aliphatic rings. The molecule has 0 saturated carbocycles. The van der Waals surface area contributed by atoms with Gasteiger partial charge in [0.1, 0.15) is 24.7 Å². The fourth-order valence-corrected chi connectivity index (χ4v) is 9.96. The highest BCUT2D eigenvalue weighted by Gasteiger charge is 2.32. The number of rotatable bonds is 14. The van der Waals surface area contributed by atoms with Gasteiger partial charge in [-0.1, -0.05) is 60.7 Å². The van der Waals surface area contributed by atoms with Crippen molar-refractivity contribution in [3.63, 3.8) is 0 Å². The lowest BCUT2D eigenvalue weighted by molar-refractivity contribution is 0.0661. The Morgan fingerprint density at radius 3 is 1.47 bits per heavy atom. The molecule has 0 saturated heterocycles. The highest BCUT2D eigenvalue weighted by atomic mass is 32.3. The molecule has 0 aliphatic carbocycles. The third kappa shape index (κ3) is 7.41. The van der Waals surface area contributed by atoms with Crippen molar-refractivity contribution < 1.29 is 44.9 Å². The molecule has 8 rings (SSSR count). The third-order valence-corrected chi connectivity index (χ3v) is 13.6. The van der Waals surface area contributed by atoms with Crippen molar-refractivity contribution in [3.8, 4) is 32.6 Å². The molecule has 0 bridgehead atoms. The van der Waals surface area contributed by atoms with Gasteiger partial charge < -0.3 is 18.9 Å². The van der Waals surface area contributed by atoms with E-state index in [2.05, 4.69) is 0 Å². The number of hydrogen-bond acceptors (Lipinski definition) is 12. The summed E-state index contributed by atoms with van der Waals surface area (Å²) >= 11 is 1.88. The summed E-state index contributed by atoms with van der Waals surface area (Å²) < 4.78 is 94.1. The number of ether oxygens (including phenoxy) is 4. The standard InChI is InChI=1S/C35H32N4O10S4/c40-52(41,42)30-14-28-34(50-30)32-24(18-48-28)26(36-38(32)16-22-8-3-1-4-9-22)20-46-12-7-13-47-21-27-25-19-49-29-15-31(53(43,44)45)51-35(29)33(25)39(37-27)17-23-10-5-2-6-11-23/h1-6,8-11,14-15H,7,12-13,16-21H2,(H,40,41,42)(H,43,44,45). The lowest BCUT2D eigenvalue weighted by Gasteiger charge is -2.16. The Balaban J connectivity index is 0.934. The second kappa shape index (κ2) is 14.4. The van der Waals surface area contributed by atoms with Gasteiger partial charge in [-0.2, -0.15) is 27.0 Å². The largest absolute Gasteiger partial charge is 0.487 e. The molecule has 0 amide bonds. The van der Waals surface area contributed by atoms with E-state index in [1.807, 2.05) is 70.0 Å². The van der Waals surface area contributed by atoms with Crippen molar-refractivity contribution in [3.05, 3.63) is 106 Å². The van der Waals surface area contributed by atoms with Gasteiger partial charge in [-0.3, -0.25) is 18.5 Å². The Kier molecular flexibility index (Phi) is 9.71. The molecule has 0 atom stereocenters. The average Bonchev–Trinajstić information content (AvgIpc) is 3.91. The maximum absolute atomic E-state index is 11.9. The van der Waals surface area contributed by atoms with Gasteiger partial charge >= 0.3 is 20.2 Å². The first-order chi connectivity index (χ1) is 25.5. The number of aromatic nitrogens is 4. The quantitative estimate of drug-likeness (QED) is 0.0966. The summed E-state index contributed by atoms with van der Waals surface area (Å²) in [6.07, 6.45) is 0.576. The topological polar surface area (TPSA) is 181 Å². The molecule has 0 fully saturated rings. The second-order valence-corrected chi connectivity index (χ2v) is 17.7. The van der Waals surface area contributed by atoms with Crippen LogP contribution >= 0.6 is 22.7 Å². The first-order valence-corrected chi connectivity index (χ1v) is 20.9. The molecule has 2 aliphatic heterocycles. The number of hydrogen-bond donors (Lipinski definition) is 2. The zero-order valence-electron chi connectivity index (χ0n) is 27.9. The zero-order chi connectivity index (χ0) is 36.7. The normalized spacial score (nSPS) is 13.5. The number of nitrogens with zero attached hydrogens (tertiary/aromatic N) is 4. The summed E-state index contributed by atoms with van der Waals surface area (Å²) in [6, 6.07) is 22.2. The summed E-state index contributed by atoms with van der Waals surface area (Å²) in [7, 11) is -8.81. The molecule has 18 heteroatoms. The summed E-state index contributed by atoms with van der Waals surface area (Å²) in [5, 5.41) is 9.68. The second-order valence-electron chi connectivity index (χ2n) is 12.3. The van der Waals surface area contributed by atoms with Gasteiger partial charge in [0.2, 0.25) is 0 Å². The van der Waals surface area contributed by atoms with E-state index in [0.29, 0.717) is 65.4 Å². The maximum Gasteiger partial charge on any atom is 0.304 e. The van der Waals surface area contributed by atoms with Gasteiger partial charge in [0.05, 0.1) is 58.8 Å². The smallest absolute Gasteiger partial charge is 0.304 e. The molecule has 0 radical (unpaired) electrons. The van der Waals surface area contributed by atoms with Gasteiger partial charge in [-0.05, 0) is 17.5 Å². The van der Waals surface area contributed by atoms with Crippen LogP contribution in [-0.4, -0.2) is 58.7 Å². The van der Waals surface area contributed by atoms with E-state index in [1.165, 1.54) is 12.1 Å². The van der Waals surface area contributed by atoms with Gasteiger partial charge in [0, 0.05) is 36.5 Å². The lowest BCUT2D eigenvalue weighted by Crippen LogP contribution is -2.08. The number of benzene rings is 2. The molecule has 0 spiro atoms. The number of thiophene rings is 2. The van der Waals surface area contributed by atoms with E-state index >= 15 is 0 Å².